The van der Waals surface area contributed by atoms with Crippen LogP contribution in [0.2, 0.25) is 0 Å². The number of carbonyl (C=O) groups is 3. The lowest BCUT2D eigenvalue weighted by Crippen LogP contribution is -2.48. The van der Waals surface area contributed by atoms with Crippen molar-refractivity contribution in [3.63, 3.8) is 0 Å². The Morgan fingerprint density at radius 3 is 2.79 bits per heavy atom. The van der Waals surface area contributed by atoms with Gasteiger partial charge in [0.15, 0.2) is 0 Å². The normalized spacial score (nSPS) is 45.3. The molecule has 0 spiro atoms. The molecule has 19 heavy (non-hydrogen) atoms. The van der Waals surface area contributed by atoms with E-state index in [0.717, 1.165) is 0 Å². The van der Waals surface area contributed by atoms with Crippen LogP contribution in [0.3, 0.4) is 0 Å². The second kappa shape index (κ2) is 4.32. The van der Waals surface area contributed by atoms with Crippen LogP contribution in [-0.2, 0) is 19.1 Å². The zero-order chi connectivity index (χ0) is 13.7. The van der Waals surface area contributed by atoms with Crippen LogP contribution in [0.5, 0.6) is 0 Å². The Kier molecular flexibility index (Phi) is 2.87. The van der Waals surface area contributed by atoms with E-state index in [-0.39, 0.29) is 41.5 Å². The lowest BCUT2D eigenvalue weighted by molar-refractivity contribution is -0.154. The molecule has 0 aromatic heterocycles. The molecule has 2 aliphatic carbocycles. The molecule has 5 nitrogen and oxygen atoms in total. The number of carbonyl (C=O) groups excluding carboxylic acids is 2. The van der Waals surface area contributed by atoms with E-state index in [0.29, 0.717) is 25.7 Å². The molecule has 3 rings (SSSR count). The zero-order valence-electron chi connectivity index (χ0n) is 10.9. The van der Waals surface area contributed by atoms with E-state index in [1.54, 1.807) is 6.92 Å². The predicted molar refractivity (Wildman–Crippen MR) is 64.1 cm³/mol. The Morgan fingerprint density at radius 2 is 2.11 bits per heavy atom. The van der Waals surface area contributed by atoms with Crippen molar-refractivity contribution in [2.75, 3.05) is 0 Å². The Bertz CT molecular complexity index is 443. The van der Waals surface area contributed by atoms with Crippen LogP contribution in [0.15, 0.2) is 0 Å². The summed E-state index contributed by atoms with van der Waals surface area (Å²) in [5, 5.41) is 9.54. The molecule has 1 aliphatic heterocycles. The third-order valence-electron chi connectivity index (χ3n) is 5.18. The Balaban J connectivity index is 1.95. The molecule has 0 radical (unpaired) electrons. The largest absolute Gasteiger partial charge is 0.481 e. The minimum absolute atomic E-state index is 0.0217. The van der Waals surface area contributed by atoms with E-state index in [1.807, 2.05) is 0 Å². The van der Waals surface area contributed by atoms with Crippen LogP contribution < -0.4 is 0 Å². The number of aliphatic carboxylic acids is 1. The second-order valence-corrected chi connectivity index (χ2v) is 6.13. The van der Waals surface area contributed by atoms with Gasteiger partial charge < -0.3 is 9.84 Å². The van der Waals surface area contributed by atoms with Gasteiger partial charge in [-0.05, 0) is 31.6 Å². The van der Waals surface area contributed by atoms with Gasteiger partial charge >= 0.3 is 11.9 Å². The standard InChI is InChI=1S/C14H18O5/c1-6-11-10(14(18)19-6)5-7-4-8(15)2-3-9(7)12(11)13(16)17/h6-7,9-12H,2-5H2,1H3,(H,16,17)/t6-,7?,9-,10-,11-,12+/m1/s1. The average Bonchev–Trinajstić information content (AvgIpc) is 2.61. The number of ether oxygens (including phenoxy) is 1. The molecule has 3 aliphatic rings. The molecule has 0 bridgehead atoms. The fraction of sp³-hybridized carbons (Fsp3) is 0.786. The highest BCUT2D eigenvalue weighted by Gasteiger charge is 2.57. The van der Waals surface area contributed by atoms with Gasteiger partial charge in [0.05, 0.1) is 11.8 Å². The van der Waals surface area contributed by atoms with Gasteiger partial charge in [0.25, 0.3) is 0 Å². The number of Topliss-reactive ketones (excluding diaryl/α,β-unsaturated/α-hetero) is 1. The van der Waals surface area contributed by atoms with E-state index in [1.165, 1.54) is 0 Å². The van der Waals surface area contributed by atoms with Crippen molar-refractivity contribution in [1.29, 1.82) is 0 Å². The van der Waals surface area contributed by atoms with Crippen LogP contribution in [0.25, 0.3) is 0 Å². The molecule has 0 amide bonds. The van der Waals surface area contributed by atoms with E-state index in [9.17, 15) is 19.5 Å². The van der Waals surface area contributed by atoms with Crippen molar-refractivity contribution in [2.45, 2.75) is 38.7 Å². The van der Waals surface area contributed by atoms with E-state index < -0.39 is 11.9 Å². The van der Waals surface area contributed by atoms with Gasteiger partial charge in [-0.1, -0.05) is 0 Å². The van der Waals surface area contributed by atoms with Crippen LogP contribution in [0.1, 0.15) is 32.6 Å². The Morgan fingerprint density at radius 1 is 1.37 bits per heavy atom. The monoisotopic (exact) mass is 266 g/mol. The number of cyclic esters (lactones) is 1. The number of rotatable bonds is 1. The summed E-state index contributed by atoms with van der Waals surface area (Å²) in [6.07, 6.45) is 1.85. The molecule has 3 fully saturated rings. The third kappa shape index (κ3) is 1.86. The summed E-state index contributed by atoms with van der Waals surface area (Å²) in [6.45, 7) is 1.78. The number of ketones is 1. The molecule has 6 atom stereocenters. The maximum atomic E-state index is 11.8. The highest BCUT2D eigenvalue weighted by atomic mass is 16.6. The molecule has 1 unspecified atom stereocenters. The maximum Gasteiger partial charge on any atom is 0.309 e. The fourth-order valence-corrected chi connectivity index (χ4v) is 4.43. The van der Waals surface area contributed by atoms with Gasteiger partial charge in [0.2, 0.25) is 0 Å². The summed E-state index contributed by atoms with van der Waals surface area (Å²) in [7, 11) is 0. The minimum atomic E-state index is -0.843. The van der Waals surface area contributed by atoms with Crippen molar-refractivity contribution in [3.8, 4) is 0 Å². The first-order valence-electron chi connectivity index (χ1n) is 6.94. The van der Waals surface area contributed by atoms with Gasteiger partial charge in [-0.2, -0.15) is 0 Å². The van der Waals surface area contributed by atoms with Gasteiger partial charge in [0.1, 0.15) is 11.9 Å². The number of esters is 1. The molecule has 5 heteroatoms. The van der Waals surface area contributed by atoms with E-state index in [2.05, 4.69) is 0 Å². The minimum Gasteiger partial charge on any atom is -0.481 e. The summed E-state index contributed by atoms with van der Waals surface area (Å²) < 4.78 is 5.23. The Labute approximate surface area is 111 Å². The van der Waals surface area contributed by atoms with Crippen molar-refractivity contribution >= 4 is 17.7 Å². The van der Waals surface area contributed by atoms with Gasteiger partial charge in [-0.15, -0.1) is 0 Å². The molecular formula is C14H18O5. The quantitative estimate of drug-likeness (QED) is 0.722. The fourth-order valence-electron chi connectivity index (χ4n) is 4.43. The third-order valence-corrected chi connectivity index (χ3v) is 5.18. The second-order valence-electron chi connectivity index (χ2n) is 6.13. The summed E-state index contributed by atoms with van der Waals surface area (Å²) >= 11 is 0. The van der Waals surface area contributed by atoms with Crippen molar-refractivity contribution in [3.05, 3.63) is 0 Å². The predicted octanol–water partition coefficient (Wildman–Crippen LogP) is 1.25. The molecule has 1 N–H and O–H groups in total. The topological polar surface area (TPSA) is 80.7 Å². The lowest BCUT2D eigenvalue weighted by Gasteiger charge is -2.44. The number of carboxylic acids is 1. The molecule has 2 saturated carbocycles. The molecule has 1 saturated heterocycles. The van der Waals surface area contributed by atoms with Crippen molar-refractivity contribution in [1.82, 2.24) is 0 Å². The van der Waals surface area contributed by atoms with Crippen LogP contribution in [0, 0.1) is 29.6 Å². The molecule has 104 valence electrons. The van der Waals surface area contributed by atoms with Gasteiger partial charge in [-0.3, -0.25) is 14.4 Å². The summed E-state index contributed by atoms with van der Waals surface area (Å²) in [6, 6.07) is 0. The smallest absolute Gasteiger partial charge is 0.309 e. The first-order chi connectivity index (χ1) is 8.99. The highest BCUT2D eigenvalue weighted by Crippen LogP contribution is 2.52. The summed E-state index contributed by atoms with van der Waals surface area (Å²) in [4.78, 5) is 35.0. The van der Waals surface area contributed by atoms with Gasteiger partial charge in [-0.25, -0.2) is 0 Å². The Hall–Kier alpha value is -1.39. The van der Waals surface area contributed by atoms with Crippen molar-refractivity contribution < 1.29 is 24.2 Å². The first kappa shape index (κ1) is 12.6. The maximum absolute atomic E-state index is 11.8. The number of carboxylic acid groups (broad SMARTS) is 1. The first-order valence-corrected chi connectivity index (χ1v) is 6.94. The molecular weight excluding hydrogens is 248 g/mol. The molecule has 1 heterocycles. The molecule has 0 aromatic carbocycles. The van der Waals surface area contributed by atoms with Crippen LogP contribution in [0.4, 0.5) is 0 Å². The number of hydrogen-bond acceptors (Lipinski definition) is 4. The van der Waals surface area contributed by atoms with E-state index >= 15 is 0 Å². The summed E-state index contributed by atoms with van der Waals surface area (Å²) in [5.74, 6) is -1.96. The van der Waals surface area contributed by atoms with Crippen LogP contribution >= 0.6 is 0 Å². The SMILES string of the molecule is C[C@H]1OC(=O)[C@@H]2CC3CC(=O)CC[C@H]3[C@H](C(=O)O)[C@H]12. The zero-order valence-corrected chi connectivity index (χ0v) is 10.9. The lowest BCUT2D eigenvalue weighted by atomic mass is 9.57. The average molecular weight is 266 g/mol. The van der Waals surface area contributed by atoms with Crippen LogP contribution in [-0.4, -0.2) is 28.9 Å². The van der Waals surface area contributed by atoms with Gasteiger partial charge in [0, 0.05) is 18.8 Å². The highest BCUT2D eigenvalue weighted by molar-refractivity contribution is 5.82. The number of fused-ring (bicyclic) bond motifs is 2. The van der Waals surface area contributed by atoms with E-state index in [4.69, 9.17) is 4.74 Å². The molecule has 0 aromatic rings. The summed E-state index contributed by atoms with van der Waals surface area (Å²) in [5.41, 5.74) is 0. The van der Waals surface area contributed by atoms with Crippen molar-refractivity contribution in [2.24, 2.45) is 29.6 Å². The number of hydrogen-bond donors (Lipinski definition) is 1.